The van der Waals surface area contributed by atoms with Crippen molar-refractivity contribution in [2.45, 2.75) is 13.0 Å². The number of aliphatic hydroxyl groups is 1. The topological polar surface area (TPSA) is 58.1 Å². The molecule has 1 atom stereocenters. The Bertz CT molecular complexity index is 466. The molecule has 1 unspecified atom stereocenters. The van der Waals surface area contributed by atoms with E-state index in [9.17, 15) is 5.11 Å². The summed E-state index contributed by atoms with van der Waals surface area (Å²) in [5, 5.41) is 16.7. The molecule has 2 rings (SSSR count). The molecule has 1 heterocycles. The van der Waals surface area contributed by atoms with E-state index in [-0.39, 0.29) is 0 Å². The molecule has 4 heteroatoms. The highest BCUT2D eigenvalue weighted by molar-refractivity contribution is 5.38. The monoisotopic (exact) mass is 218 g/mol. The lowest BCUT2D eigenvalue weighted by Gasteiger charge is -2.13. The lowest BCUT2D eigenvalue weighted by Crippen LogP contribution is -2.02. The van der Waals surface area contributed by atoms with E-state index in [4.69, 9.17) is 4.74 Å². The molecule has 0 saturated heterocycles. The largest absolute Gasteiger partial charge is 0.497 e. The number of aliphatic hydroxyl groups excluding tert-OH is 1. The number of hydrogen-bond donors (Lipinski definition) is 2. The number of aromatic nitrogens is 2. The van der Waals surface area contributed by atoms with Gasteiger partial charge in [0, 0.05) is 6.20 Å². The van der Waals surface area contributed by atoms with Crippen LogP contribution in [0.1, 0.15) is 22.9 Å². The second kappa shape index (κ2) is 4.37. The van der Waals surface area contributed by atoms with Crippen LogP contribution in [0.15, 0.2) is 30.5 Å². The number of rotatable bonds is 3. The van der Waals surface area contributed by atoms with Gasteiger partial charge in [0.2, 0.25) is 0 Å². The summed E-state index contributed by atoms with van der Waals surface area (Å²) >= 11 is 0. The zero-order valence-electron chi connectivity index (χ0n) is 9.27. The molecule has 0 amide bonds. The van der Waals surface area contributed by atoms with E-state index in [0.29, 0.717) is 5.69 Å². The van der Waals surface area contributed by atoms with Gasteiger partial charge in [-0.1, -0.05) is 6.07 Å². The van der Waals surface area contributed by atoms with Gasteiger partial charge in [0.1, 0.15) is 11.9 Å². The first kappa shape index (κ1) is 10.7. The Morgan fingerprint density at radius 3 is 2.75 bits per heavy atom. The van der Waals surface area contributed by atoms with Crippen LogP contribution in [0.2, 0.25) is 0 Å². The van der Waals surface area contributed by atoms with Crippen molar-refractivity contribution in [2.75, 3.05) is 7.11 Å². The first-order chi connectivity index (χ1) is 7.72. The van der Waals surface area contributed by atoms with Crippen LogP contribution in [-0.4, -0.2) is 22.4 Å². The van der Waals surface area contributed by atoms with Gasteiger partial charge in [0.15, 0.2) is 0 Å². The molecule has 84 valence electrons. The predicted molar refractivity (Wildman–Crippen MR) is 60.4 cm³/mol. The summed E-state index contributed by atoms with van der Waals surface area (Å²) < 4.78 is 5.12. The van der Waals surface area contributed by atoms with Gasteiger partial charge >= 0.3 is 0 Å². The lowest BCUT2D eigenvalue weighted by atomic mass is 10.0. The molecule has 1 aromatic heterocycles. The van der Waals surface area contributed by atoms with Crippen molar-refractivity contribution in [1.82, 2.24) is 10.2 Å². The number of benzene rings is 1. The van der Waals surface area contributed by atoms with E-state index in [1.807, 2.05) is 25.1 Å². The van der Waals surface area contributed by atoms with Crippen LogP contribution in [0.3, 0.4) is 0 Å². The third-order valence-electron chi connectivity index (χ3n) is 2.59. The molecule has 0 bridgehead atoms. The lowest BCUT2D eigenvalue weighted by molar-refractivity contribution is 0.214. The van der Waals surface area contributed by atoms with Crippen LogP contribution in [-0.2, 0) is 0 Å². The van der Waals surface area contributed by atoms with Gasteiger partial charge in [-0.05, 0) is 36.2 Å². The van der Waals surface area contributed by atoms with Crippen LogP contribution < -0.4 is 4.74 Å². The number of aromatic amines is 1. The molecule has 0 aliphatic rings. The summed E-state index contributed by atoms with van der Waals surface area (Å²) in [6.45, 7) is 1.94. The molecule has 0 saturated carbocycles. The van der Waals surface area contributed by atoms with Crippen molar-refractivity contribution < 1.29 is 9.84 Å². The predicted octanol–water partition coefficient (Wildman–Crippen LogP) is 1.81. The number of hydrogen-bond acceptors (Lipinski definition) is 3. The third kappa shape index (κ3) is 1.92. The Kier molecular flexibility index (Phi) is 2.92. The molecule has 0 fully saturated rings. The number of nitrogens with zero attached hydrogens (tertiary/aromatic N) is 1. The highest BCUT2D eigenvalue weighted by atomic mass is 16.5. The van der Waals surface area contributed by atoms with Crippen molar-refractivity contribution in [3.05, 3.63) is 47.3 Å². The van der Waals surface area contributed by atoms with Gasteiger partial charge in [-0.25, -0.2) is 0 Å². The van der Waals surface area contributed by atoms with E-state index in [0.717, 1.165) is 16.9 Å². The zero-order chi connectivity index (χ0) is 11.5. The van der Waals surface area contributed by atoms with Gasteiger partial charge in [-0.3, -0.25) is 5.10 Å². The van der Waals surface area contributed by atoms with Gasteiger partial charge in [-0.15, -0.1) is 0 Å². The van der Waals surface area contributed by atoms with Crippen molar-refractivity contribution in [3.8, 4) is 5.75 Å². The maximum absolute atomic E-state index is 10.1. The fraction of sp³-hybridized carbons (Fsp3) is 0.250. The Balaban J connectivity index is 2.34. The molecule has 0 aliphatic heterocycles. The van der Waals surface area contributed by atoms with E-state index >= 15 is 0 Å². The van der Waals surface area contributed by atoms with Crippen LogP contribution >= 0.6 is 0 Å². The summed E-state index contributed by atoms with van der Waals surface area (Å²) in [6, 6.07) is 7.35. The molecule has 4 nitrogen and oxygen atoms in total. The standard InChI is InChI=1S/C12H14N2O2/c1-8-7-9(16-2)3-4-10(8)12(15)11-5-6-13-14-11/h3-7,12,15H,1-2H3,(H,13,14). The fourth-order valence-electron chi connectivity index (χ4n) is 1.67. The summed E-state index contributed by atoms with van der Waals surface area (Å²) in [4.78, 5) is 0. The minimum atomic E-state index is -0.673. The average Bonchev–Trinajstić information content (AvgIpc) is 2.81. The number of ether oxygens (including phenoxy) is 1. The smallest absolute Gasteiger partial charge is 0.121 e. The molecule has 1 aromatic carbocycles. The number of nitrogens with one attached hydrogen (secondary N) is 1. The van der Waals surface area contributed by atoms with E-state index < -0.39 is 6.10 Å². The molecule has 16 heavy (non-hydrogen) atoms. The van der Waals surface area contributed by atoms with Crippen LogP contribution in [0.4, 0.5) is 0 Å². The maximum atomic E-state index is 10.1. The van der Waals surface area contributed by atoms with E-state index in [2.05, 4.69) is 10.2 Å². The number of aryl methyl sites for hydroxylation is 1. The Morgan fingerprint density at radius 1 is 1.38 bits per heavy atom. The van der Waals surface area contributed by atoms with Gasteiger partial charge in [0.05, 0.1) is 12.8 Å². The van der Waals surface area contributed by atoms with Crippen molar-refractivity contribution in [2.24, 2.45) is 0 Å². The van der Waals surface area contributed by atoms with Crippen LogP contribution in [0.25, 0.3) is 0 Å². The SMILES string of the molecule is COc1ccc(C(O)c2ccn[nH]2)c(C)c1. The zero-order valence-corrected chi connectivity index (χ0v) is 9.27. The van der Waals surface area contributed by atoms with Crippen molar-refractivity contribution in [3.63, 3.8) is 0 Å². The molecule has 0 spiro atoms. The second-order valence-corrected chi connectivity index (χ2v) is 3.64. The first-order valence-electron chi connectivity index (χ1n) is 5.04. The van der Waals surface area contributed by atoms with Crippen molar-refractivity contribution in [1.29, 1.82) is 0 Å². The van der Waals surface area contributed by atoms with Crippen LogP contribution in [0.5, 0.6) is 5.75 Å². The Hall–Kier alpha value is -1.81. The third-order valence-corrected chi connectivity index (χ3v) is 2.59. The normalized spacial score (nSPS) is 12.4. The van der Waals surface area contributed by atoms with E-state index in [1.165, 1.54) is 0 Å². The minimum absolute atomic E-state index is 0.673. The molecular formula is C12H14N2O2. The van der Waals surface area contributed by atoms with Gasteiger partial charge < -0.3 is 9.84 Å². The summed E-state index contributed by atoms with van der Waals surface area (Å²) in [5.74, 6) is 0.790. The summed E-state index contributed by atoms with van der Waals surface area (Å²) in [6.07, 6.45) is 0.950. The maximum Gasteiger partial charge on any atom is 0.121 e. The summed E-state index contributed by atoms with van der Waals surface area (Å²) in [5.41, 5.74) is 2.53. The fourth-order valence-corrected chi connectivity index (χ4v) is 1.67. The van der Waals surface area contributed by atoms with Crippen LogP contribution in [0, 0.1) is 6.92 Å². The highest BCUT2D eigenvalue weighted by Crippen LogP contribution is 2.26. The molecular weight excluding hydrogens is 204 g/mol. The number of H-pyrrole nitrogens is 1. The Morgan fingerprint density at radius 2 is 2.19 bits per heavy atom. The summed E-state index contributed by atoms with van der Waals surface area (Å²) in [7, 11) is 1.62. The quantitative estimate of drug-likeness (QED) is 0.826. The van der Waals surface area contributed by atoms with Gasteiger partial charge in [-0.2, -0.15) is 5.10 Å². The number of methoxy groups -OCH3 is 1. The Labute approximate surface area is 93.9 Å². The average molecular weight is 218 g/mol. The molecule has 2 aromatic rings. The molecule has 2 N–H and O–H groups in total. The molecule has 0 radical (unpaired) electrons. The van der Waals surface area contributed by atoms with E-state index in [1.54, 1.807) is 19.4 Å². The van der Waals surface area contributed by atoms with Crippen molar-refractivity contribution >= 4 is 0 Å². The minimum Gasteiger partial charge on any atom is -0.497 e. The highest BCUT2D eigenvalue weighted by Gasteiger charge is 2.14. The second-order valence-electron chi connectivity index (χ2n) is 3.64. The molecule has 0 aliphatic carbocycles. The van der Waals surface area contributed by atoms with Gasteiger partial charge in [0.25, 0.3) is 0 Å². The first-order valence-corrected chi connectivity index (χ1v) is 5.04.